The molecule has 2 aromatic carbocycles. The maximum Gasteiger partial charge on any atom is 0.253 e. The molecule has 1 aromatic heterocycles. The molecule has 0 atom stereocenters. The van der Waals surface area contributed by atoms with Crippen LogP contribution in [0.1, 0.15) is 33.5 Å². The summed E-state index contributed by atoms with van der Waals surface area (Å²) in [6.07, 6.45) is 4.31. The lowest BCUT2D eigenvalue weighted by Crippen LogP contribution is -2.25. The quantitative estimate of drug-likeness (QED) is 0.598. The number of hydrogen-bond acceptors (Lipinski definition) is 4. The number of carbonyl (C=O) groups is 2. The minimum Gasteiger partial charge on any atom is -0.496 e. The molecular weight excluding hydrogens is 378 g/mol. The number of anilines is 1. The number of aromatic nitrogens is 1. The molecule has 0 radical (unpaired) electrons. The zero-order valence-electron chi connectivity index (χ0n) is 17.1. The van der Waals surface area contributed by atoms with E-state index in [2.05, 4.69) is 15.6 Å². The summed E-state index contributed by atoms with van der Waals surface area (Å²) in [4.78, 5) is 29.1. The van der Waals surface area contributed by atoms with Crippen LogP contribution in [0.15, 0.2) is 67.0 Å². The fourth-order valence-corrected chi connectivity index (χ4v) is 3.14. The first-order chi connectivity index (χ1) is 14.6. The second kappa shape index (κ2) is 10.2. The Morgan fingerprint density at radius 1 is 1.03 bits per heavy atom. The number of pyridine rings is 1. The van der Waals surface area contributed by atoms with Crippen molar-refractivity contribution in [1.82, 2.24) is 10.3 Å². The van der Waals surface area contributed by atoms with Crippen molar-refractivity contribution in [2.45, 2.75) is 26.3 Å². The number of carbonyl (C=O) groups excluding carboxylic acids is 2. The van der Waals surface area contributed by atoms with E-state index in [1.165, 1.54) is 0 Å². The standard InChI is InChI=1S/C24H25N3O3/c1-17-14-18(9-11-22(17)30-2)10-12-23(28)27-21-8-4-3-7-20(21)24(29)26-16-19-6-5-13-25-15-19/h3-9,11,13-15H,10,12,16H2,1-2H3,(H,26,29)(H,27,28). The zero-order valence-corrected chi connectivity index (χ0v) is 17.1. The van der Waals surface area contributed by atoms with Crippen molar-refractivity contribution in [2.75, 3.05) is 12.4 Å². The number of para-hydroxylation sites is 1. The lowest BCUT2D eigenvalue weighted by atomic mass is 10.1. The first kappa shape index (κ1) is 21.0. The van der Waals surface area contributed by atoms with E-state index < -0.39 is 0 Å². The van der Waals surface area contributed by atoms with E-state index in [0.717, 1.165) is 22.4 Å². The molecule has 154 valence electrons. The molecule has 0 spiro atoms. The third kappa shape index (κ3) is 5.67. The largest absolute Gasteiger partial charge is 0.496 e. The van der Waals surface area contributed by atoms with Crippen LogP contribution in [-0.4, -0.2) is 23.9 Å². The molecule has 0 saturated heterocycles. The number of benzene rings is 2. The summed E-state index contributed by atoms with van der Waals surface area (Å²) < 4.78 is 5.27. The minimum absolute atomic E-state index is 0.143. The van der Waals surface area contributed by atoms with Gasteiger partial charge in [-0.3, -0.25) is 14.6 Å². The van der Waals surface area contributed by atoms with Crippen LogP contribution in [0, 0.1) is 6.92 Å². The number of ether oxygens (including phenoxy) is 1. The van der Waals surface area contributed by atoms with Gasteiger partial charge in [-0.15, -0.1) is 0 Å². The van der Waals surface area contributed by atoms with Crippen LogP contribution in [-0.2, 0) is 17.8 Å². The smallest absolute Gasteiger partial charge is 0.253 e. The predicted molar refractivity (Wildman–Crippen MR) is 117 cm³/mol. The van der Waals surface area contributed by atoms with Crippen LogP contribution in [0.5, 0.6) is 5.75 Å². The van der Waals surface area contributed by atoms with Gasteiger partial charge >= 0.3 is 0 Å². The fourth-order valence-electron chi connectivity index (χ4n) is 3.14. The predicted octanol–water partition coefficient (Wildman–Crippen LogP) is 3.90. The molecule has 2 N–H and O–H groups in total. The van der Waals surface area contributed by atoms with Crippen molar-refractivity contribution >= 4 is 17.5 Å². The molecule has 0 unspecified atom stereocenters. The Hall–Kier alpha value is -3.67. The molecule has 0 aliphatic rings. The van der Waals surface area contributed by atoms with Gasteiger partial charge in [0.25, 0.3) is 5.91 Å². The van der Waals surface area contributed by atoms with Gasteiger partial charge in [0.2, 0.25) is 5.91 Å². The van der Waals surface area contributed by atoms with Crippen molar-refractivity contribution < 1.29 is 14.3 Å². The average molecular weight is 403 g/mol. The minimum atomic E-state index is -0.250. The van der Waals surface area contributed by atoms with Crippen molar-refractivity contribution in [3.63, 3.8) is 0 Å². The third-order valence-electron chi connectivity index (χ3n) is 4.72. The van der Waals surface area contributed by atoms with Crippen molar-refractivity contribution in [3.8, 4) is 5.75 Å². The molecule has 0 saturated carbocycles. The topological polar surface area (TPSA) is 80.3 Å². The SMILES string of the molecule is COc1ccc(CCC(=O)Nc2ccccc2C(=O)NCc2cccnc2)cc1C. The highest BCUT2D eigenvalue weighted by Gasteiger charge is 2.13. The van der Waals surface area contributed by atoms with Gasteiger partial charge in [0.05, 0.1) is 18.4 Å². The second-order valence-electron chi connectivity index (χ2n) is 6.94. The molecule has 0 bridgehead atoms. The molecule has 2 amide bonds. The Kier molecular flexibility index (Phi) is 7.16. The van der Waals surface area contributed by atoms with E-state index in [4.69, 9.17) is 4.74 Å². The van der Waals surface area contributed by atoms with Crippen molar-refractivity contribution in [3.05, 3.63) is 89.2 Å². The van der Waals surface area contributed by atoms with E-state index in [-0.39, 0.29) is 11.8 Å². The maximum atomic E-state index is 12.6. The highest BCUT2D eigenvalue weighted by Crippen LogP contribution is 2.20. The lowest BCUT2D eigenvalue weighted by Gasteiger charge is -2.12. The van der Waals surface area contributed by atoms with E-state index >= 15 is 0 Å². The second-order valence-corrected chi connectivity index (χ2v) is 6.94. The van der Waals surface area contributed by atoms with Crippen LogP contribution in [0.3, 0.4) is 0 Å². The number of nitrogens with zero attached hydrogens (tertiary/aromatic N) is 1. The van der Waals surface area contributed by atoms with Gasteiger partial charge in [0.15, 0.2) is 0 Å². The molecular formula is C24H25N3O3. The van der Waals surface area contributed by atoms with Gasteiger partial charge < -0.3 is 15.4 Å². The molecule has 0 aliphatic heterocycles. The number of amides is 2. The molecule has 6 heteroatoms. The van der Waals surface area contributed by atoms with Gasteiger partial charge in [-0.2, -0.15) is 0 Å². The number of nitrogens with one attached hydrogen (secondary N) is 2. The fraction of sp³-hybridized carbons (Fsp3) is 0.208. The van der Waals surface area contributed by atoms with Crippen molar-refractivity contribution in [2.24, 2.45) is 0 Å². The Morgan fingerprint density at radius 2 is 1.87 bits per heavy atom. The van der Waals surface area contributed by atoms with Gasteiger partial charge in [-0.25, -0.2) is 0 Å². The molecule has 6 nitrogen and oxygen atoms in total. The third-order valence-corrected chi connectivity index (χ3v) is 4.72. The number of methoxy groups -OCH3 is 1. The molecule has 3 aromatic rings. The van der Waals surface area contributed by atoms with Crippen LogP contribution in [0.2, 0.25) is 0 Å². The van der Waals surface area contributed by atoms with E-state index in [1.807, 2.05) is 37.3 Å². The summed E-state index contributed by atoms with van der Waals surface area (Å²) >= 11 is 0. The van der Waals surface area contributed by atoms with Crippen molar-refractivity contribution in [1.29, 1.82) is 0 Å². The first-order valence-corrected chi connectivity index (χ1v) is 9.76. The molecule has 1 heterocycles. The summed E-state index contributed by atoms with van der Waals surface area (Å²) in [7, 11) is 1.64. The number of hydrogen-bond donors (Lipinski definition) is 2. The molecule has 3 rings (SSSR count). The Bertz CT molecular complexity index is 1020. The monoisotopic (exact) mass is 403 g/mol. The van der Waals surface area contributed by atoms with Crippen LogP contribution < -0.4 is 15.4 Å². The Balaban J connectivity index is 1.59. The summed E-state index contributed by atoms with van der Waals surface area (Å²) in [6.45, 7) is 2.34. The van der Waals surface area contributed by atoms with Gasteiger partial charge in [-0.1, -0.05) is 30.3 Å². The van der Waals surface area contributed by atoms with Gasteiger partial charge in [0, 0.05) is 25.4 Å². The van der Waals surface area contributed by atoms with E-state index in [9.17, 15) is 9.59 Å². The first-order valence-electron chi connectivity index (χ1n) is 9.76. The summed E-state index contributed by atoms with van der Waals surface area (Å²) in [5.41, 5.74) is 3.92. The maximum absolute atomic E-state index is 12.6. The highest BCUT2D eigenvalue weighted by atomic mass is 16.5. The van der Waals surface area contributed by atoms with E-state index in [0.29, 0.717) is 30.6 Å². The number of aryl methyl sites for hydroxylation is 2. The van der Waals surface area contributed by atoms with Gasteiger partial charge in [-0.05, 0) is 54.3 Å². The summed E-state index contributed by atoms with van der Waals surface area (Å²) in [5, 5.41) is 5.72. The molecule has 30 heavy (non-hydrogen) atoms. The van der Waals surface area contributed by atoms with Crippen LogP contribution in [0.4, 0.5) is 5.69 Å². The Labute approximate surface area is 176 Å². The average Bonchev–Trinajstić information content (AvgIpc) is 2.77. The lowest BCUT2D eigenvalue weighted by molar-refractivity contribution is -0.116. The Morgan fingerprint density at radius 3 is 2.60 bits per heavy atom. The zero-order chi connectivity index (χ0) is 21.3. The van der Waals surface area contributed by atoms with Crippen LogP contribution in [0.25, 0.3) is 0 Å². The van der Waals surface area contributed by atoms with E-state index in [1.54, 1.807) is 43.8 Å². The van der Waals surface area contributed by atoms with Gasteiger partial charge in [0.1, 0.15) is 5.75 Å². The normalized spacial score (nSPS) is 10.3. The van der Waals surface area contributed by atoms with Crippen LogP contribution >= 0.6 is 0 Å². The highest BCUT2D eigenvalue weighted by molar-refractivity contribution is 6.03. The number of rotatable bonds is 8. The summed E-state index contributed by atoms with van der Waals surface area (Å²) in [6, 6.07) is 16.6. The molecule has 0 fully saturated rings. The molecule has 0 aliphatic carbocycles. The summed E-state index contributed by atoms with van der Waals surface area (Å²) in [5.74, 6) is 0.436.